The van der Waals surface area contributed by atoms with Crippen molar-refractivity contribution in [2.75, 3.05) is 20.4 Å². The van der Waals surface area contributed by atoms with Gasteiger partial charge in [0, 0.05) is 0 Å². The van der Waals surface area contributed by atoms with E-state index < -0.39 is 29.4 Å². The van der Waals surface area contributed by atoms with Crippen LogP contribution in [0.3, 0.4) is 0 Å². The lowest BCUT2D eigenvalue weighted by atomic mass is 9.87. The summed E-state index contributed by atoms with van der Waals surface area (Å²) in [5.41, 5.74) is -1.04. The molecule has 2 fully saturated rings. The van der Waals surface area contributed by atoms with Crippen molar-refractivity contribution in [2.45, 2.75) is 75.9 Å². The summed E-state index contributed by atoms with van der Waals surface area (Å²) in [7, 11) is 0. The molecule has 212 valence electrons. The van der Waals surface area contributed by atoms with E-state index in [1.165, 1.54) is 18.6 Å². The van der Waals surface area contributed by atoms with Gasteiger partial charge in [-0.15, -0.1) is 0 Å². The second-order valence-electron chi connectivity index (χ2n) is 9.11. The fraction of sp³-hybridized carbons (Fsp3) is 0.593. The van der Waals surface area contributed by atoms with Crippen LogP contribution in [-0.4, -0.2) is 44.7 Å². The normalized spacial score (nSPS) is 23.8. The van der Waals surface area contributed by atoms with Gasteiger partial charge in [0.15, 0.2) is 20.4 Å². The Morgan fingerprint density at radius 2 is 1.32 bits per heavy atom. The summed E-state index contributed by atoms with van der Waals surface area (Å²) >= 11 is 0. The molecule has 8 nitrogen and oxygen atoms in total. The lowest BCUT2D eigenvalue weighted by Crippen LogP contribution is -2.29. The van der Waals surface area contributed by atoms with E-state index in [0.29, 0.717) is 38.5 Å². The highest BCUT2D eigenvalue weighted by Crippen LogP contribution is 2.39. The van der Waals surface area contributed by atoms with E-state index in [1.54, 1.807) is 0 Å². The number of hydrogen-bond donors (Lipinski definition) is 0. The van der Waals surface area contributed by atoms with E-state index in [1.807, 2.05) is 0 Å². The maximum atomic E-state index is 13.7. The van der Waals surface area contributed by atoms with Gasteiger partial charge in [-0.2, -0.15) is 13.2 Å². The standard InChI is InChI=1S/C27H35F3O8/c1-3-32-16-34-20-7-5-19(6-8-20)26(31)38-23-13-14-25(24(15-23)27(28,29)30)37-18-36-22-11-9-21(10-12-22)35-17-33-4-2/h3-4,13-15,19-22H,1-2,5-12,16-18H2. The van der Waals surface area contributed by atoms with Gasteiger partial charge in [-0.3, -0.25) is 4.79 Å². The SMILES string of the molecule is C=COCOC1CCC(OCOc2ccc(OC(=O)C3CCC(OCOC=C)CC3)cc2C(F)(F)F)CC1. The minimum Gasteiger partial charge on any atom is -0.476 e. The smallest absolute Gasteiger partial charge is 0.420 e. The fourth-order valence-corrected chi connectivity index (χ4v) is 4.51. The molecular formula is C27H35F3O8. The molecule has 2 saturated carbocycles. The van der Waals surface area contributed by atoms with Gasteiger partial charge >= 0.3 is 12.1 Å². The molecule has 2 aliphatic rings. The molecule has 0 spiro atoms. The Bertz CT molecular complexity index is 891. The van der Waals surface area contributed by atoms with E-state index in [2.05, 4.69) is 13.2 Å². The lowest BCUT2D eigenvalue weighted by Gasteiger charge is -2.28. The first-order valence-electron chi connectivity index (χ1n) is 12.7. The third kappa shape index (κ3) is 9.52. The van der Waals surface area contributed by atoms with E-state index >= 15 is 0 Å². The highest BCUT2D eigenvalue weighted by Gasteiger charge is 2.36. The molecule has 38 heavy (non-hydrogen) atoms. The van der Waals surface area contributed by atoms with Crippen LogP contribution in [-0.2, 0) is 34.7 Å². The molecule has 0 radical (unpaired) electrons. The summed E-state index contributed by atoms with van der Waals surface area (Å²) in [4.78, 5) is 12.6. The maximum absolute atomic E-state index is 13.7. The second-order valence-corrected chi connectivity index (χ2v) is 9.11. The van der Waals surface area contributed by atoms with Crippen LogP contribution >= 0.6 is 0 Å². The summed E-state index contributed by atoms with van der Waals surface area (Å²) in [6, 6.07) is 3.21. The van der Waals surface area contributed by atoms with Crippen LogP contribution < -0.4 is 9.47 Å². The van der Waals surface area contributed by atoms with Crippen LogP contribution in [0.4, 0.5) is 13.2 Å². The Labute approximate surface area is 220 Å². The van der Waals surface area contributed by atoms with Crippen molar-refractivity contribution in [3.63, 3.8) is 0 Å². The number of benzene rings is 1. The van der Waals surface area contributed by atoms with Crippen LogP contribution in [0.5, 0.6) is 11.5 Å². The topological polar surface area (TPSA) is 81.7 Å². The predicted molar refractivity (Wildman–Crippen MR) is 130 cm³/mol. The molecule has 1 aromatic rings. The van der Waals surface area contributed by atoms with Gasteiger partial charge in [0.1, 0.15) is 17.1 Å². The molecule has 0 aliphatic heterocycles. The Morgan fingerprint density at radius 3 is 1.82 bits per heavy atom. The third-order valence-corrected chi connectivity index (χ3v) is 6.60. The zero-order valence-corrected chi connectivity index (χ0v) is 21.3. The highest BCUT2D eigenvalue weighted by atomic mass is 19.4. The van der Waals surface area contributed by atoms with Gasteiger partial charge in [-0.25, -0.2) is 0 Å². The van der Waals surface area contributed by atoms with Crippen LogP contribution in [0.15, 0.2) is 43.9 Å². The average molecular weight is 545 g/mol. The van der Waals surface area contributed by atoms with Gasteiger partial charge in [0.25, 0.3) is 0 Å². The Kier molecular flexibility index (Phi) is 11.8. The average Bonchev–Trinajstić information content (AvgIpc) is 2.90. The van der Waals surface area contributed by atoms with Crippen molar-refractivity contribution < 1.29 is 51.1 Å². The van der Waals surface area contributed by atoms with Crippen LogP contribution in [0.1, 0.15) is 56.9 Å². The summed E-state index contributed by atoms with van der Waals surface area (Å²) in [6.45, 7) is 6.77. The van der Waals surface area contributed by atoms with Crippen molar-refractivity contribution in [2.24, 2.45) is 5.92 Å². The lowest BCUT2D eigenvalue weighted by molar-refractivity contribution is -0.144. The van der Waals surface area contributed by atoms with E-state index in [0.717, 1.165) is 25.0 Å². The molecule has 0 aromatic heterocycles. The summed E-state index contributed by atoms with van der Waals surface area (Å²) in [5, 5.41) is 0. The van der Waals surface area contributed by atoms with E-state index in [4.69, 9.17) is 33.2 Å². The molecule has 0 N–H and O–H groups in total. The molecule has 2 aliphatic carbocycles. The first-order chi connectivity index (χ1) is 18.3. The molecule has 3 rings (SSSR count). The molecule has 0 heterocycles. The van der Waals surface area contributed by atoms with Gasteiger partial charge in [0.2, 0.25) is 0 Å². The zero-order chi connectivity index (χ0) is 27.4. The number of hydrogen-bond acceptors (Lipinski definition) is 8. The quantitative estimate of drug-likeness (QED) is 0.0914. The van der Waals surface area contributed by atoms with Crippen molar-refractivity contribution in [1.29, 1.82) is 0 Å². The molecule has 0 saturated heterocycles. The molecule has 11 heteroatoms. The maximum Gasteiger partial charge on any atom is 0.420 e. The van der Waals surface area contributed by atoms with E-state index in [9.17, 15) is 18.0 Å². The number of carbonyl (C=O) groups excluding carboxylic acids is 1. The number of ether oxygens (including phenoxy) is 7. The summed E-state index contributed by atoms with van der Waals surface area (Å²) in [6.07, 6.45) is 2.90. The molecule has 1 aromatic carbocycles. The molecule has 0 unspecified atom stereocenters. The summed E-state index contributed by atoms with van der Waals surface area (Å²) < 4.78 is 78.4. The monoisotopic (exact) mass is 544 g/mol. The van der Waals surface area contributed by atoms with Crippen LogP contribution in [0.25, 0.3) is 0 Å². The summed E-state index contributed by atoms with van der Waals surface area (Å²) in [5.74, 6) is -1.56. The van der Waals surface area contributed by atoms with Crippen LogP contribution in [0.2, 0.25) is 0 Å². The number of halogens is 3. The molecule has 0 atom stereocenters. The second kappa shape index (κ2) is 15.0. The highest BCUT2D eigenvalue weighted by molar-refractivity contribution is 5.75. The van der Waals surface area contributed by atoms with Gasteiger partial charge in [-0.1, -0.05) is 13.2 Å². The Balaban J connectivity index is 1.47. The first kappa shape index (κ1) is 29.8. The number of carbonyl (C=O) groups is 1. The minimum absolute atomic E-state index is 0.0446. The molecule has 0 bridgehead atoms. The molecular weight excluding hydrogens is 509 g/mol. The number of rotatable bonds is 14. The predicted octanol–water partition coefficient (Wildman–Crippen LogP) is 6.10. The Hall–Kier alpha value is -2.76. The fourth-order valence-electron chi connectivity index (χ4n) is 4.51. The minimum atomic E-state index is -4.70. The number of esters is 1. The van der Waals surface area contributed by atoms with Crippen molar-refractivity contribution >= 4 is 5.97 Å². The van der Waals surface area contributed by atoms with Crippen LogP contribution in [0, 0.1) is 5.92 Å². The first-order valence-corrected chi connectivity index (χ1v) is 12.7. The van der Waals surface area contributed by atoms with Crippen molar-refractivity contribution in [3.8, 4) is 11.5 Å². The zero-order valence-electron chi connectivity index (χ0n) is 21.3. The third-order valence-electron chi connectivity index (χ3n) is 6.60. The van der Waals surface area contributed by atoms with Gasteiger partial charge in [-0.05, 0) is 69.6 Å². The largest absolute Gasteiger partial charge is 0.476 e. The van der Waals surface area contributed by atoms with Gasteiger partial charge in [0.05, 0.1) is 36.8 Å². The van der Waals surface area contributed by atoms with Crippen molar-refractivity contribution in [3.05, 3.63) is 49.4 Å². The number of alkyl halides is 3. The molecule has 0 amide bonds. The van der Waals surface area contributed by atoms with E-state index in [-0.39, 0.29) is 44.4 Å². The Morgan fingerprint density at radius 1 is 0.816 bits per heavy atom. The van der Waals surface area contributed by atoms with Crippen molar-refractivity contribution in [1.82, 2.24) is 0 Å². The van der Waals surface area contributed by atoms with Gasteiger partial charge < -0.3 is 33.2 Å².